The van der Waals surface area contributed by atoms with E-state index >= 15 is 0 Å². The van der Waals surface area contributed by atoms with Crippen LogP contribution in [-0.2, 0) is 6.42 Å². The molecule has 0 saturated heterocycles. The summed E-state index contributed by atoms with van der Waals surface area (Å²) >= 11 is 7.04. The first-order valence-corrected chi connectivity index (χ1v) is 7.01. The van der Waals surface area contributed by atoms with Gasteiger partial charge in [-0.25, -0.2) is 0 Å². The molecule has 1 aromatic rings. The molecular formula is C12H16Br2O. The Morgan fingerprint density at radius 2 is 2.13 bits per heavy atom. The lowest BCUT2D eigenvalue weighted by atomic mass is 9.98. The zero-order chi connectivity index (χ0) is 11.3. The van der Waals surface area contributed by atoms with Gasteiger partial charge >= 0.3 is 0 Å². The molecule has 0 fully saturated rings. The summed E-state index contributed by atoms with van der Waals surface area (Å²) in [5.41, 5.74) is 1.28. The summed E-state index contributed by atoms with van der Waals surface area (Å²) in [6.07, 6.45) is 2.24. The maximum Gasteiger partial charge on any atom is 0.122 e. The molecular weight excluding hydrogens is 320 g/mol. The average Bonchev–Trinajstić information content (AvgIpc) is 2.26. The molecule has 1 unspecified atom stereocenters. The number of halogens is 2. The Bertz CT molecular complexity index is 308. The molecule has 3 heteroatoms. The van der Waals surface area contributed by atoms with Gasteiger partial charge in [0.1, 0.15) is 5.75 Å². The number of rotatable bonds is 5. The molecule has 84 valence electrons. The van der Waals surface area contributed by atoms with Gasteiger partial charge in [-0.15, -0.1) is 0 Å². The van der Waals surface area contributed by atoms with Gasteiger partial charge in [-0.1, -0.05) is 45.2 Å². The minimum Gasteiger partial charge on any atom is -0.496 e. The van der Waals surface area contributed by atoms with Crippen LogP contribution in [0.1, 0.15) is 18.9 Å². The minimum absolute atomic E-state index is 0.674. The van der Waals surface area contributed by atoms with Crippen LogP contribution in [-0.4, -0.2) is 12.4 Å². The second kappa shape index (κ2) is 6.54. The fourth-order valence-corrected chi connectivity index (χ4v) is 2.62. The van der Waals surface area contributed by atoms with Crippen molar-refractivity contribution in [1.82, 2.24) is 0 Å². The van der Waals surface area contributed by atoms with Crippen molar-refractivity contribution in [3.8, 4) is 5.75 Å². The van der Waals surface area contributed by atoms with Gasteiger partial charge in [0.15, 0.2) is 0 Å². The van der Waals surface area contributed by atoms with Crippen molar-refractivity contribution in [2.45, 2.75) is 19.8 Å². The number of benzene rings is 1. The van der Waals surface area contributed by atoms with Crippen LogP contribution in [0.2, 0.25) is 0 Å². The largest absolute Gasteiger partial charge is 0.496 e. The molecule has 0 spiro atoms. The minimum atomic E-state index is 0.674. The molecule has 0 heterocycles. The lowest BCUT2D eigenvalue weighted by Gasteiger charge is -2.14. The lowest BCUT2D eigenvalue weighted by molar-refractivity contribution is 0.405. The quantitative estimate of drug-likeness (QED) is 0.724. The highest BCUT2D eigenvalue weighted by Crippen LogP contribution is 2.26. The van der Waals surface area contributed by atoms with Crippen LogP contribution in [0.15, 0.2) is 22.7 Å². The molecule has 0 aliphatic carbocycles. The molecule has 1 aromatic carbocycles. The summed E-state index contributed by atoms with van der Waals surface area (Å²) in [4.78, 5) is 0. The van der Waals surface area contributed by atoms with Gasteiger partial charge in [0.2, 0.25) is 0 Å². The summed E-state index contributed by atoms with van der Waals surface area (Å²) in [5, 5.41) is 1.04. The van der Waals surface area contributed by atoms with E-state index in [4.69, 9.17) is 4.74 Å². The Kier molecular flexibility index (Phi) is 5.69. The van der Waals surface area contributed by atoms with Crippen LogP contribution in [0, 0.1) is 5.92 Å². The van der Waals surface area contributed by atoms with Crippen LogP contribution in [0.3, 0.4) is 0 Å². The van der Waals surface area contributed by atoms with Crippen molar-refractivity contribution < 1.29 is 4.74 Å². The Balaban J connectivity index is 2.86. The van der Waals surface area contributed by atoms with Crippen LogP contribution in [0.5, 0.6) is 5.75 Å². The predicted octanol–water partition coefficient (Wildman–Crippen LogP) is 4.42. The molecule has 0 radical (unpaired) electrons. The second-order valence-electron chi connectivity index (χ2n) is 3.59. The van der Waals surface area contributed by atoms with Gasteiger partial charge in [-0.05, 0) is 36.1 Å². The van der Waals surface area contributed by atoms with Gasteiger partial charge in [0.25, 0.3) is 0 Å². The van der Waals surface area contributed by atoms with E-state index in [9.17, 15) is 0 Å². The van der Waals surface area contributed by atoms with Gasteiger partial charge < -0.3 is 4.74 Å². The topological polar surface area (TPSA) is 9.23 Å². The van der Waals surface area contributed by atoms with Crippen molar-refractivity contribution in [3.63, 3.8) is 0 Å². The Labute approximate surface area is 108 Å². The molecule has 15 heavy (non-hydrogen) atoms. The van der Waals surface area contributed by atoms with E-state index in [0.717, 1.165) is 22.0 Å². The van der Waals surface area contributed by atoms with Gasteiger partial charge in [0, 0.05) is 9.80 Å². The predicted molar refractivity (Wildman–Crippen MR) is 72.0 cm³/mol. The number of hydrogen-bond acceptors (Lipinski definition) is 1. The molecule has 0 amide bonds. The fraction of sp³-hybridized carbons (Fsp3) is 0.500. The first-order chi connectivity index (χ1) is 7.21. The average molecular weight is 336 g/mol. The molecule has 0 saturated carbocycles. The highest BCUT2D eigenvalue weighted by atomic mass is 79.9. The normalized spacial score (nSPS) is 12.5. The molecule has 0 N–H and O–H groups in total. The standard InChI is InChI=1S/C12H16Br2O/c1-3-9(8-13)6-10-7-11(14)4-5-12(10)15-2/h4-5,7,9H,3,6,8H2,1-2H3. The summed E-state index contributed by atoms with van der Waals surface area (Å²) < 4.78 is 6.47. The Hall–Kier alpha value is -0.0200. The first kappa shape index (κ1) is 13.0. The number of hydrogen-bond donors (Lipinski definition) is 0. The zero-order valence-corrected chi connectivity index (χ0v) is 12.3. The molecule has 0 aliphatic heterocycles. The van der Waals surface area contributed by atoms with Crippen LogP contribution >= 0.6 is 31.9 Å². The van der Waals surface area contributed by atoms with E-state index in [1.54, 1.807) is 7.11 Å². The van der Waals surface area contributed by atoms with Crippen LogP contribution in [0.25, 0.3) is 0 Å². The Morgan fingerprint density at radius 1 is 1.40 bits per heavy atom. The van der Waals surface area contributed by atoms with Gasteiger partial charge in [-0.2, -0.15) is 0 Å². The third-order valence-electron chi connectivity index (χ3n) is 2.55. The maximum absolute atomic E-state index is 5.35. The van der Waals surface area contributed by atoms with Crippen molar-refractivity contribution >= 4 is 31.9 Å². The van der Waals surface area contributed by atoms with E-state index in [-0.39, 0.29) is 0 Å². The summed E-state index contributed by atoms with van der Waals surface area (Å²) in [6, 6.07) is 6.17. The van der Waals surface area contributed by atoms with E-state index < -0.39 is 0 Å². The third-order valence-corrected chi connectivity index (χ3v) is 3.96. The SMILES string of the molecule is CCC(CBr)Cc1cc(Br)ccc1OC. The van der Waals surface area contributed by atoms with Gasteiger partial charge in [-0.3, -0.25) is 0 Å². The summed E-state index contributed by atoms with van der Waals surface area (Å²) in [7, 11) is 1.72. The van der Waals surface area contributed by atoms with Crippen molar-refractivity contribution in [1.29, 1.82) is 0 Å². The molecule has 1 rings (SSSR count). The first-order valence-electron chi connectivity index (χ1n) is 5.09. The lowest BCUT2D eigenvalue weighted by Crippen LogP contribution is -2.05. The highest BCUT2D eigenvalue weighted by molar-refractivity contribution is 9.10. The van der Waals surface area contributed by atoms with Gasteiger partial charge in [0.05, 0.1) is 7.11 Å². The summed E-state index contributed by atoms with van der Waals surface area (Å²) in [5.74, 6) is 1.66. The second-order valence-corrected chi connectivity index (χ2v) is 5.15. The van der Waals surface area contributed by atoms with Crippen LogP contribution in [0.4, 0.5) is 0 Å². The monoisotopic (exact) mass is 334 g/mol. The van der Waals surface area contributed by atoms with Crippen molar-refractivity contribution in [2.24, 2.45) is 5.92 Å². The third kappa shape index (κ3) is 3.80. The highest BCUT2D eigenvalue weighted by Gasteiger charge is 2.10. The molecule has 1 atom stereocenters. The molecule has 0 bridgehead atoms. The zero-order valence-electron chi connectivity index (χ0n) is 9.09. The summed E-state index contributed by atoms with van der Waals surface area (Å²) in [6.45, 7) is 2.22. The van der Waals surface area contributed by atoms with E-state index in [0.29, 0.717) is 5.92 Å². The van der Waals surface area contributed by atoms with E-state index in [2.05, 4.69) is 44.8 Å². The number of ether oxygens (including phenoxy) is 1. The van der Waals surface area contributed by atoms with Crippen LogP contribution < -0.4 is 4.74 Å². The molecule has 0 aliphatic rings. The fourth-order valence-electron chi connectivity index (χ4n) is 1.53. The number of methoxy groups -OCH3 is 1. The number of alkyl halides is 1. The molecule has 1 nitrogen and oxygen atoms in total. The van der Waals surface area contributed by atoms with Crippen molar-refractivity contribution in [2.75, 3.05) is 12.4 Å². The Morgan fingerprint density at radius 3 is 2.67 bits per heavy atom. The molecule has 0 aromatic heterocycles. The smallest absolute Gasteiger partial charge is 0.122 e. The maximum atomic E-state index is 5.35. The van der Waals surface area contributed by atoms with Crippen molar-refractivity contribution in [3.05, 3.63) is 28.2 Å². The van der Waals surface area contributed by atoms with E-state index in [1.165, 1.54) is 12.0 Å². The van der Waals surface area contributed by atoms with E-state index in [1.807, 2.05) is 12.1 Å².